The standard InChI is InChI=1S/C25H30ClNO6S/c1-4-7-19-22(10-9-18(21(5-2)27-31)25(19)33-16(3)28)32-12-6-13-34-23-11-8-17(14-20(23)26)15-24(29)30/h8-11,14,31H,4-7,12-13,15H2,1-3H3,(H,29,30)/p-1/b27-21+. The second kappa shape index (κ2) is 13.9. The highest BCUT2D eigenvalue weighted by atomic mass is 35.5. The van der Waals surface area contributed by atoms with E-state index in [0.29, 0.717) is 52.8 Å². The van der Waals surface area contributed by atoms with Crippen LogP contribution in [0.15, 0.2) is 40.4 Å². The first-order valence-electron chi connectivity index (χ1n) is 11.1. The number of hydrogen-bond acceptors (Lipinski definition) is 8. The maximum absolute atomic E-state index is 11.8. The normalized spacial score (nSPS) is 11.4. The predicted molar refractivity (Wildman–Crippen MR) is 131 cm³/mol. The van der Waals surface area contributed by atoms with E-state index < -0.39 is 11.9 Å². The van der Waals surface area contributed by atoms with Gasteiger partial charge in [0.1, 0.15) is 11.5 Å². The van der Waals surface area contributed by atoms with Gasteiger partial charge in [0, 0.05) is 41.1 Å². The molecular formula is C25H29ClNO6S-. The fourth-order valence-electron chi connectivity index (χ4n) is 3.40. The summed E-state index contributed by atoms with van der Waals surface area (Å²) < 4.78 is 11.5. The molecule has 9 heteroatoms. The number of carbonyl (C=O) groups is 2. The first-order chi connectivity index (χ1) is 16.3. The fourth-order valence-corrected chi connectivity index (χ4v) is 4.61. The van der Waals surface area contributed by atoms with Crippen molar-refractivity contribution >= 4 is 41.0 Å². The molecular weight excluding hydrogens is 478 g/mol. The van der Waals surface area contributed by atoms with Gasteiger partial charge in [-0.3, -0.25) is 4.79 Å². The number of esters is 1. The highest BCUT2D eigenvalue weighted by Gasteiger charge is 2.20. The lowest BCUT2D eigenvalue weighted by molar-refractivity contribution is -0.304. The van der Waals surface area contributed by atoms with E-state index in [0.717, 1.165) is 29.1 Å². The summed E-state index contributed by atoms with van der Waals surface area (Å²) in [5.41, 5.74) is 2.37. The highest BCUT2D eigenvalue weighted by Crippen LogP contribution is 2.35. The largest absolute Gasteiger partial charge is 0.550 e. The van der Waals surface area contributed by atoms with Crippen LogP contribution in [0.25, 0.3) is 0 Å². The van der Waals surface area contributed by atoms with E-state index in [1.165, 1.54) is 6.92 Å². The Morgan fingerprint density at radius 3 is 2.56 bits per heavy atom. The number of hydrogen-bond donors (Lipinski definition) is 1. The third-order valence-electron chi connectivity index (χ3n) is 4.88. The van der Waals surface area contributed by atoms with E-state index >= 15 is 0 Å². The van der Waals surface area contributed by atoms with Gasteiger partial charge in [0.15, 0.2) is 0 Å². The second-order valence-corrected chi connectivity index (χ2v) is 9.07. The molecule has 0 radical (unpaired) electrons. The Hall–Kier alpha value is -2.71. The lowest BCUT2D eigenvalue weighted by Gasteiger charge is -2.18. The van der Waals surface area contributed by atoms with Gasteiger partial charge in [-0.25, -0.2) is 0 Å². The Labute approximate surface area is 209 Å². The van der Waals surface area contributed by atoms with E-state index in [1.807, 2.05) is 26.0 Å². The van der Waals surface area contributed by atoms with E-state index in [2.05, 4.69) is 5.16 Å². The van der Waals surface area contributed by atoms with Crippen molar-refractivity contribution in [2.24, 2.45) is 5.16 Å². The van der Waals surface area contributed by atoms with Gasteiger partial charge in [0.25, 0.3) is 0 Å². The van der Waals surface area contributed by atoms with Crippen molar-refractivity contribution < 1.29 is 29.4 Å². The molecule has 0 saturated heterocycles. The van der Waals surface area contributed by atoms with Crippen molar-refractivity contribution in [1.29, 1.82) is 0 Å². The Morgan fingerprint density at radius 2 is 1.97 bits per heavy atom. The van der Waals surface area contributed by atoms with Gasteiger partial charge in [-0.2, -0.15) is 0 Å². The van der Waals surface area contributed by atoms with E-state index in [-0.39, 0.29) is 6.42 Å². The molecule has 0 atom stereocenters. The van der Waals surface area contributed by atoms with Crippen molar-refractivity contribution in [3.05, 3.63) is 52.0 Å². The average molecular weight is 507 g/mol. The molecule has 0 aromatic heterocycles. The summed E-state index contributed by atoms with van der Waals surface area (Å²) >= 11 is 7.83. The van der Waals surface area contributed by atoms with Gasteiger partial charge < -0.3 is 24.6 Å². The van der Waals surface area contributed by atoms with Crippen molar-refractivity contribution in [3.8, 4) is 11.5 Å². The molecule has 2 aromatic rings. The fraction of sp³-hybridized carbons (Fsp3) is 0.400. The van der Waals surface area contributed by atoms with Gasteiger partial charge in [0.05, 0.1) is 17.3 Å². The van der Waals surface area contributed by atoms with Crippen LogP contribution in [0.5, 0.6) is 11.5 Å². The summed E-state index contributed by atoms with van der Waals surface area (Å²) in [5, 5.41) is 24.0. The summed E-state index contributed by atoms with van der Waals surface area (Å²) in [6.07, 6.45) is 2.49. The number of benzene rings is 2. The van der Waals surface area contributed by atoms with Crippen molar-refractivity contribution in [2.45, 2.75) is 57.8 Å². The number of ether oxygens (including phenoxy) is 2. The SMILES string of the molecule is CCCc1c(OCCCSc2ccc(CC(=O)[O-])cc2Cl)ccc(/C(CC)=N/O)c1OC(C)=O. The molecule has 0 fully saturated rings. The minimum absolute atomic E-state index is 0.170. The molecule has 0 bridgehead atoms. The number of nitrogens with zero attached hydrogens (tertiary/aromatic N) is 1. The molecule has 2 aromatic carbocycles. The number of aliphatic carboxylic acids is 1. The number of carbonyl (C=O) groups excluding carboxylic acids is 2. The van der Waals surface area contributed by atoms with Crippen LogP contribution in [0.2, 0.25) is 5.02 Å². The zero-order chi connectivity index (χ0) is 25.1. The third-order valence-corrected chi connectivity index (χ3v) is 6.46. The average Bonchev–Trinajstić information content (AvgIpc) is 2.78. The van der Waals surface area contributed by atoms with E-state index in [9.17, 15) is 19.9 Å². The summed E-state index contributed by atoms with van der Waals surface area (Å²) in [6, 6.07) is 8.74. The molecule has 0 aliphatic heterocycles. The minimum atomic E-state index is -1.14. The number of carboxylic acids is 1. The predicted octanol–water partition coefficient (Wildman–Crippen LogP) is 4.66. The van der Waals surface area contributed by atoms with E-state index in [4.69, 9.17) is 21.1 Å². The molecule has 0 unspecified atom stereocenters. The zero-order valence-electron chi connectivity index (χ0n) is 19.6. The monoisotopic (exact) mass is 506 g/mol. The lowest BCUT2D eigenvalue weighted by atomic mass is 9.99. The van der Waals surface area contributed by atoms with Crippen molar-refractivity contribution in [3.63, 3.8) is 0 Å². The second-order valence-electron chi connectivity index (χ2n) is 7.53. The molecule has 34 heavy (non-hydrogen) atoms. The molecule has 0 spiro atoms. The van der Waals surface area contributed by atoms with Crippen LogP contribution in [0.1, 0.15) is 56.7 Å². The molecule has 1 N–H and O–H groups in total. The number of oxime groups is 1. The van der Waals surface area contributed by atoms with Crippen LogP contribution in [0, 0.1) is 0 Å². The molecule has 184 valence electrons. The van der Waals surface area contributed by atoms with Gasteiger partial charge in [-0.05, 0) is 49.1 Å². The number of rotatable bonds is 13. The van der Waals surface area contributed by atoms with Crippen LogP contribution in [-0.4, -0.2) is 35.2 Å². The topological polar surface area (TPSA) is 108 Å². The number of carboxylic acid groups (broad SMARTS) is 1. The number of halogens is 1. The Balaban J connectivity index is 2.07. The van der Waals surface area contributed by atoms with Gasteiger partial charge >= 0.3 is 5.97 Å². The van der Waals surface area contributed by atoms with Gasteiger partial charge in [0.2, 0.25) is 0 Å². The quantitative estimate of drug-likeness (QED) is 0.0800. The summed E-state index contributed by atoms with van der Waals surface area (Å²) in [5.74, 6) is 0.150. The molecule has 0 aliphatic rings. The van der Waals surface area contributed by atoms with Crippen LogP contribution >= 0.6 is 23.4 Å². The Morgan fingerprint density at radius 1 is 1.21 bits per heavy atom. The van der Waals surface area contributed by atoms with Crippen molar-refractivity contribution in [2.75, 3.05) is 12.4 Å². The zero-order valence-corrected chi connectivity index (χ0v) is 21.1. The summed E-state index contributed by atoms with van der Waals surface area (Å²) in [4.78, 5) is 23.4. The van der Waals surface area contributed by atoms with Crippen LogP contribution in [-0.2, 0) is 22.4 Å². The molecule has 0 aliphatic carbocycles. The highest BCUT2D eigenvalue weighted by molar-refractivity contribution is 7.99. The first kappa shape index (κ1) is 27.5. The maximum atomic E-state index is 11.8. The van der Waals surface area contributed by atoms with Crippen LogP contribution in [0.3, 0.4) is 0 Å². The Kier molecular flexibility index (Phi) is 11.2. The first-order valence-corrected chi connectivity index (χ1v) is 12.5. The van der Waals surface area contributed by atoms with Crippen molar-refractivity contribution in [1.82, 2.24) is 0 Å². The summed E-state index contributed by atoms with van der Waals surface area (Å²) in [7, 11) is 0. The van der Waals surface area contributed by atoms with Crippen LogP contribution < -0.4 is 14.6 Å². The minimum Gasteiger partial charge on any atom is -0.550 e. The molecule has 7 nitrogen and oxygen atoms in total. The summed E-state index contributed by atoms with van der Waals surface area (Å²) in [6.45, 7) is 5.66. The molecule has 2 rings (SSSR count). The molecule has 0 heterocycles. The van der Waals surface area contributed by atoms with Gasteiger partial charge in [-0.15, -0.1) is 11.8 Å². The lowest BCUT2D eigenvalue weighted by Crippen LogP contribution is -2.24. The molecule has 0 saturated carbocycles. The van der Waals surface area contributed by atoms with Crippen LogP contribution in [0.4, 0.5) is 0 Å². The Bertz CT molecular complexity index is 1040. The third kappa shape index (κ3) is 7.95. The maximum Gasteiger partial charge on any atom is 0.308 e. The smallest absolute Gasteiger partial charge is 0.308 e. The van der Waals surface area contributed by atoms with E-state index in [1.54, 1.807) is 30.0 Å². The number of thioether (sulfide) groups is 1. The molecule has 0 amide bonds. The van der Waals surface area contributed by atoms with Gasteiger partial charge in [-0.1, -0.05) is 43.1 Å².